The molecule has 82 valence electrons. The van der Waals surface area contributed by atoms with E-state index in [1.165, 1.54) is 12.8 Å². The number of methoxy groups -OCH3 is 1. The summed E-state index contributed by atoms with van der Waals surface area (Å²) in [5.74, 6) is 2.18. The molecule has 0 aliphatic heterocycles. The molecule has 3 rings (SSSR count). The van der Waals surface area contributed by atoms with E-state index in [4.69, 9.17) is 9.15 Å². The molecule has 3 heteroatoms. The largest absolute Gasteiger partial charge is 0.497 e. The molecule has 0 atom stereocenters. The minimum atomic E-state index is 0.635. The lowest BCUT2D eigenvalue weighted by Gasteiger charge is -1.99. The zero-order valence-electron chi connectivity index (χ0n) is 9.14. The Morgan fingerprint density at radius 2 is 2.00 bits per heavy atom. The van der Waals surface area contributed by atoms with E-state index in [1.54, 1.807) is 13.4 Å². The summed E-state index contributed by atoms with van der Waals surface area (Å²) >= 11 is 0. The van der Waals surface area contributed by atoms with Gasteiger partial charge in [0.15, 0.2) is 0 Å². The second kappa shape index (κ2) is 3.67. The van der Waals surface area contributed by atoms with E-state index in [2.05, 4.69) is 4.98 Å². The normalized spacial score (nSPS) is 15.1. The standard InChI is InChI=1S/C13H13NO2/c1-15-11-6-4-10(5-7-11)13-14-12(8-16-13)9-2-3-9/h4-9H,2-3H2,1H3. The van der Waals surface area contributed by atoms with Gasteiger partial charge in [0.25, 0.3) is 0 Å². The highest BCUT2D eigenvalue weighted by Gasteiger charge is 2.26. The van der Waals surface area contributed by atoms with Gasteiger partial charge in [-0.25, -0.2) is 4.98 Å². The highest BCUT2D eigenvalue weighted by atomic mass is 16.5. The molecule has 0 unspecified atom stereocenters. The van der Waals surface area contributed by atoms with E-state index < -0.39 is 0 Å². The zero-order chi connectivity index (χ0) is 11.0. The first kappa shape index (κ1) is 9.46. The van der Waals surface area contributed by atoms with Crippen LogP contribution in [0.25, 0.3) is 11.5 Å². The quantitative estimate of drug-likeness (QED) is 0.788. The monoisotopic (exact) mass is 215 g/mol. The van der Waals surface area contributed by atoms with Gasteiger partial charge in [0.2, 0.25) is 5.89 Å². The van der Waals surface area contributed by atoms with Gasteiger partial charge in [-0.05, 0) is 37.1 Å². The van der Waals surface area contributed by atoms with Crippen LogP contribution in [0.15, 0.2) is 34.9 Å². The third-order valence-corrected chi connectivity index (χ3v) is 2.85. The molecule has 0 amide bonds. The smallest absolute Gasteiger partial charge is 0.226 e. The van der Waals surface area contributed by atoms with Crippen LogP contribution >= 0.6 is 0 Å². The lowest BCUT2D eigenvalue weighted by molar-refractivity contribution is 0.415. The lowest BCUT2D eigenvalue weighted by Crippen LogP contribution is -1.83. The summed E-state index contributed by atoms with van der Waals surface area (Å²) < 4.78 is 10.6. The van der Waals surface area contributed by atoms with Crippen LogP contribution in [0.1, 0.15) is 24.5 Å². The Labute approximate surface area is 94.1 Å². The average Bonchev–Trinajstić information content (AvgIpc) is 3.08. The average molecular weight is 215 g/mol. The number of hydrogen-bond acceptors (Lipinski definition) is 3. The first-order valence-corrected chi connectivity index (χ1v) is 5.46. The first-order chi connectivity index (χ1) is 7.86. The summed E-state index contributed by atoms with van der Waals surface area (Å²) in [6.45, 7) is 0. The van der Waals surface area contributed by atoms with E-state index in [0.29, 0.717) is 11.8 Å². The number of aromatic nitrogens is 1. The van der Waals surface area contributed by atoms with Crippen molar-refractivity contribution in [3.8, 4) is 17.2 Å². The minimum Gasteiger partial charge on any atom is -0.497 e. The molecule has 16 heavy (non-hydrogen) atoms. The maximum atomic E-state index is 5.47. The molecule has 1 heterocycles. The Morgan fingerprint density at radius 1 is 1.25 bits per heavy atom. The molecular formula is C13H13NO2. The van der Waals surface area contributed by atoms with Gasteiger partial charge in [-0.15, -0.1) is 0 Å². The molecule has 0 saturated heterocycles. The van der Waals surface area contributed by atoms with Crippen LogP contribution in [0.5, 0.6) is 5.75 Å². The number of hydrogen-bond donors (Lipinski definition) is 0. The Morgan fingerprint density at radius 3 is 2.62 bits per heavy atom. The van der Waals surface area contributed by atoms with Crippen molar-refractivity contribution in [2.45, 2.75) is 18.8 Å². The van der Waals surface area contributed by atoms with Gasteiger partial charge in [-0.1, -0.05) is 0 Å². The van der Waals surface area contributed by atoms with Crippen molar-refractivity contribution in [1.82, 2.24) is 4.98 Å². The summed E-state index contributed by atoms with van der Waals surface area (Å²) in [7, 11) is 1.66. The number of ether oxygens (including phenoxy) is 1. The first-order valence-electron chi connectivity index (χ1n) is 5.46. The number of rotatable bonds is 3. The van der Waals surface area contributed by atoms with Gasteiger partial charge in [-0.3, -0.25) is 0 Å². The SMILES string of the molecule is COc1ccc(-c2nc(C3CC3)co2)cc1. The number of nitrogens with zero attached hydrogens (tertiary/aromatic N) is 1. The zero-order valence-corrected chi connectivity index (χ0v) is 9.14. The number of oxazole rings is 1. The maximum Gasteiger partial charge on any atom is 0.226 e. The fourth-order valence-electron chi connectivity index (χ4n) is 1.72. The van der Waals surface area contributed by atoms with E-state index in [-0.39, 0.29) is 0 Å². The summed E-state index contributed by atoms with van der Waals surface area (Å²) in [6, 6.07) is 7.75. The molecule has 1 fully saturated rings. The van der Waals surface area contributed by atoms with E-state index in [1.807, 2.05) is 24.3 Å². The van der Waals surface area contributed by atoms with Gasteiger partial charge in [0.1, 0.15) is 12.0 Å². The molecule has 1 aromatic carbocycles. The van der Waals surface area contributed by atoms with Crippen LogP contribution in [0.2, 0.25) is 0 Å². The van der Waals surface area contributed by atoms with Gasteiger partial charge < -0.3 is 9.15 Å². The van der Waals surface area contributed by atoms with Crippen molar-refractivity contribution in [2.75, 3.05) is 7.11 Å². The summed E-state index contributed by atoms with van der Waals surface area (Å²) in [6.07, 6.45) is 4.26. The third-order valence-electron chi connectivity index (χ3n) is 2.85. The Hall–Kier alpha value is -1.77. The van der Waals surface area contributed by atoms with E-state index in [9.17, 15) is 0 Å². The van der Waals surface area contributed by atoms with Crippen LogP contribution in [0, 0.1) is 0 Å². The lowest BCUT2D eigenvalue weighted by atomic mass is 10.2. The predicted molar refractivity (Wildman–Crippen MR) is 60.5 cm³/mol. The molecule has 0 N–H and O–H groups in total. The van der Waals surface area contributed by atoms with Gasteiger partial charge in [-0.2, -0.15) is 0 Å². The Kier molecular flexibility index (Phi) is 2.17. The highest BCUT2D eigenvalue weighted by Crippen LogP contribution is 2.40. The van der Waals surface area contributed by atoms with Crippen molar-refractivity contribution in [2.24, 2.45) is 0 Å². The summed E-state index contributed by atoms with van der Waals surface area (Å²) in [5.41, 5.74) is 2.08. The van der Waals surface area contributed by atoms with Crippen LogP contribution in [-0.4, -0.2) is 12.1 Å². The van der Waals surface area contributed by atoms with Gasteiger partial charge in [0, 0.05) is 11.5 Å². The molecule has 1 aliphatic carbocycles. The van der Waals surface area contributed by atoms with Crippen molar-refractivity contribution in [1.29, 1.82) is 0 Å². The van der Waals surface area contributed by atoms with Crippen molar-refractivity contribution < 1.29 is 9.15 Å². The van der Waals surface area contributed by atoms with Crippen LogP contribution < -0.4 is 4.74 Å². The molecule has 0 spiro atoms. The molecule has 0 bridgehead atoms. The maximum absolute atomic E-state index is 5.47. The molecule has 3 nitrogen and oxygen atoms in total. The van der Waals surface area contributed by atoms with E-state index >= 15 is 0 Å². The van der Waals surface area contributed by atoms with Crippen molar-refractivity contribution in [3.63, 3.8) is 0 Å². The predicted octanol–water partition coefficient (Wildman–Crippen LogP) is 3.23. The summed E-state index contributed by atoms with van der Waals surface area (Å²) in [4.78, 5) is 4.49. The number of benzene rings is 1. The summed E-state index contributed by atoms with van der Waals surface area (Å²) in [5, 5.41) is 0. The molecule has 2 aromatic rings. The molecular weight excluding hydrogens is 202 g/mol. The fourth-order valence-corrected chi connectivity index (χ4v) is 1.72. The van der Waals surface area contributed by atoms with Gasteiger partial charge >= 0.3 is 0 Å². The molecule has 1 aromatic heterocycles. The topological polar surface area (TPSA) is 35.3 Å². The minimum absolute atomic E-state index is 0.635. The molecule has 1 aliphatic rings. The fraction of sp³-hybridized carbons (Fsp3) is 0.308. The molecule has 1 saturated carbocycles. The van der Waals surface area contributed by atoms with Crippen molar-refractivity contribution in [3.05, 3.63) is 36.2 Å². The van der Waals surface area contributed by atoms with Crippen molar-refractivity contribution >= 4 is 0 Å². The second-order valence-corrected chi connectivity index (χ2v) is 4.08. The molecule has 0 radical (unpaired) electrons. The Bertz CT molecular complexity index is 483. The van der Waals surface area contributed by atoms with Crippen LogP contribution in [-0.2, 0) is 0 Å². The van der Waals surface area contributed by atoms with Crippen LogP contribution in [0.4, 0.5) is 0 Å². The van der Waals surface area contributed by atoms with E-state index in [0.717, 1.165) is 17.0 Å². The third kappa shape index (κ3) is 1.69. The Balaban J connectivity index is 1.88. The highest BCUT2D eigenvalue weighted by molar-refractivity contribution is 5.54. The van der Waals surface area contributed by atoms with Gasteiger partial charge in [0.05, 0.1) is 12.8 Å². The second-order valence-electron chi connectivity index (χ2n) is 4.08. The van der Waals surface area contributed by atoms with Crippen LogP contribution in [0.3, 0.4) is 0 Å².